The van der Waals surface area contributed by atoms with Crippen molar-refractivity contribution in [3.8, 4) is 17.2 Å². The number of ether oxygens (including phenoxy) is 3. The van der Waals surface area contributed by atoms with E-state index in [2.05, 4.69) is 0 Å². The van der Waals surface area contributed by atoms with E-state index in [4.69, 9.17) is 14.2 Å². The number of methoxy groups -OCH3 is 2. The van der Waals surface area contributed by atoms with Crippen LogP contribution in [0.25, 0.3) is 0 Å². The SMILES string of the molecule is CCOc1ccc(N2C(=O)CC(N(Cc3ccc(C)cc3)C(=O)c3ccc(OC)c(OC)c3)C2=O)cc1. The van der Waals surface area contributed by atoms with Crippen molar-refractivity contribution >= 4 is 23.4 Å². The van der Waals surface area contributed by atoms with Crippen LogP contribution in [-0.4, -0.2) is 49.5 Å². The van der Waals surface area contributed by atoms with Gasteiger partial charge in [0.1, 0.15) is 11.8 Å². The molecule has 1 heterocycles. The summed E-state index contributed by atoms with van der Waals surface area (Å²) in [5, 5.41) is 0. The lowest BCUT2D eigenvalue weighted by atomic mass is 10.1. The number of nitrogens with zero attached hydrogens (tertiary/aromatic N) is 2. The molecule has 0 spiro atoms. The first-order chi connectivity index (χ1) is 17.9. The largest absolute Gasteiger partial charge is 0.494 e. The molecular weight excluding hydrogens is 472 g/mol. The highest BCUT2D eigenvalue weighted by Gasteiger charge is 2.44. The van der Waals surface area contributed by atoms with Gasteiger partial charge in [0.25, 0.3) is 11.8 Å². The molecule has 1 unspecified atom stereocenters. The Morgan fingerprint density at radius 1 is 0.946 bits per heavy atom. The van der Waals surface area contributed by atoms with Crippen molar-refractivity contribution in [1.29, 1.82) is 0 Å². The van der Waals surface area contributed by atoms with E-state index in [1.807, 2.05) is 38.1 Å². The Bertz CT molecular complexity index is 1290. The molecule has 37 heavy (non-hydrogen) atoms. The maximum absolute atomic E-state index is 13.8. The predicted octanol–water partition coefficient (Wildman–Crippen LogP) is 4.39. The Hall–Kier alpha value is -4.33. The third-order valence-electron chi connectivity index (χ3n) is 6.27. The van der Waals surface area contributed by atoms with E-state index in [-0.39, 0.29) is 24.8 Å². The van der Waals surface area contributed by atoms with Gasteiger partial charge in [-0.05, 0) is 61.9 Å². The van der Waals surface area contributed by atoms with E-state index in [0.717, 1.165) is 16.0 Å². The number of anilines is 1. The van der Waals surface area contributed by atoms with E-state index in [9.17, 15) is 14.4 Å². The second-order valence-electron chi connectivity index (χ2n) is 8.70. The minimum absolute atomic E-state index is 0.114. The molecule has 192 valence electrons. The van der Waals surface area contributed by atoms with E-state index < -0.39 is 11.9 Å². The second kappa shape index (κ2) is 11.2. The van der Waals surface area contributed by atoms with Gasteiger partial charge in [0.15, 0.2) is 11.5 Å². The molecule has 8 nitrogen and oxygen atoms in total. The normalized spacial score (nSPS) is 15.0. The maximum Gasteiger partial charge on any atom is 0.257 e. The van der Waals surface area contributed by atoms with Gasteiger partial charge in [-0.3, -0.25) is 14.4 Å². The summed E-state index contributed by atoms with van der Waals surface area (Å²) in [7, 11) is 3.01. The Morgan fingerprint density at radius 2 is 1.62 bits per heavy atom. The molecule has 1 saturated heterocycles. The van der Waals surface area contributed by atoms with Crippen LogP contribution in [0.1, 0.15) is 34.8 Å². The predicted molar refractivity (Wildman–Crippen MR) is 139 cm³/mol. The number of aryl methyl sites for hydroxylation is 1. The number of rotatable bonds is 9. The number of hydrogen-bond acceptors (Lipinski definition) is 6. The fourth-order valence-electron chi connectivity index (χ4n) is 4.34. The Morgan fingerprint density at radius 3 is 2.24 bits per heavy atom. The summed E-state index contributed by atoms with van der Waals surface area (Å²) in [4.78, 5) is 43.1. The van der Waals surface area contributed by atoms with Crippen molar-refractivity contribution in [3.63, 3.8) is 0 Å². The van der Waals surface area contributed by atoms with Crippen molar-refractivity contribution in [2.45, 2.75) is 32.9 Å². The van der Waals surface area contributed by atoms with E-state index in [0.29, 0.717) is 35.1 Å². The van der Waals surface area contributed by atoms with Crippen LogP contribution in [0.5, 0.6) is 17.2 Å². The topological polar surface area (TPSA) is 85.4 Å². The zero-order chi connectivity index (χ0) is 26.5. The lowest BCUT2D eigenvalue weighted by molar-refractivity contribution is -0.122. The minimum Gasteiger partial charge on any atom is -0.494 e. The molecule has 0 radical (unpaired) electrons. The van der Waals surface area contributed by atoms with E-state index in [1.54, 1.807) is 42.5 Å². The van der Waals surface area contributed by atoms with Gasteiger partial charge in [-0.15, -0.1) is 0 Å². The van der Waals surface area contributed by atoms with Crippen LogP contribution in [0.2, 0.25) is 0 Å². The maximum atomic E-state index is 13.8. The molecule has 0 N–H and O–H groups in total. The van der Waals surface area contributed by atoms with Crippen molar-refractivity contribution in [2.75, 3.05) is 25.7 Å². The molecule has 0 saturated carbocycles. The first-order valence-corrected chi connectivity index (χ1v) is 12.0. The van der Waals surface area contributed by atoms with Crippen LogP contribution in [0, 0.1) is 6.92 Å². The van der Waals surface area contributed by atoms with Crippen LogP contribution in [0.4, 0.5) is 5.69 Å². The zero-order valence-corrected chi connectivity index (χ0v) is 21.4. The van der Waals surface area contributed by atoms with Crippen molar-refractivity contribution in [2.24, 2.45) is 0 Å². The Kier molecular flexibility index (Phi) is 7.77. The molecule has 1 atom stereocenters. The lowest BCUT2D eigenvalue weighted by Crippen LogP contribution is -2.45. The van der Waals surface area contributed by atoms with Gasteiger partial charge in [0.2, 0.25) is 5.91 Å². The fraction of sp³-hybridized carbons (Fsp3) is 0.276. The average molecular weight is 503 g/mol. The molecule has 1 aliphatic heterocycles. The molecule has 0 aliphatic carbocycles. The first kappa shape index (κ1) is 25.8. The summed E-state index contributed by atoms with van der Waals surface area (Å²) in [6.07, 6.45) is -0.114. The third-order valence-corrected chi connectivity index (χ3v) is 6.27. The minimum atomic E-state index is -0.957. The highest BCUT2D eigenvalue weighted by atomic mass is 16.5. The molecule has 4 rings (SSSR count). The highest BCUT2D eigenvalue weighted by molar-refractivity contribution is 6.23. The standard InChI is InChI=1S/C29H30N2O6/c1-5-37-23-13-11-22(12-14-23)31-27(32)17-24(29(31)34)30(18-20-8-6-19(2)7-9-20)28(33)21-10-15-25(35-3)26(16-21)36-4/h6-16,24H,5,17-18H2,1-4H3. The Balaban J connectivity index is 1.68. The van der Waals surface area contributed by atoms with Gasteiger partial charge in [0, 0.05) is 12.1 Å². The highest BCUT2D eigenvalue weighted by Crippen LogP contribution is 2.32. The first-order valence-electron chi connectivity index (χ1n) is 12.0. The van der Waals surface area contributed by atoms with Crippen molar-refractivity contribution in [3.05, 3.63) is 83.4 Å². The summed E-state index contributed by atoms with van der Waals surface area (Å²) in [5.74, 6) is 0.322. The van der Waals surface area contributed by atoms with Gasteiger partial charge >= 0.3 is 0 Å². The number of imide groups is 1. The Labute approximate surface area is 216 Å². The summed E-state index contributed by atoms with van der Waals surface area (Å²) >= 11 is 0. The van der Waals surface area contributed by atoms with Gasteiger partial charge < -0.3 is 19.1 Å². The zero-order valence-electron chi connectivity index (χ0n) is 21.4. The summed E-state index contributed by atoms with van der Waals surface area (Å²) < 4.78 is 16.1. The second-order valence-corrected chi connectivity index (χ2v) is 8.70. The molecule has 0 bridgehead atoms. The van der Waals surface area contributed by atoms with E-state index >= 15 is 0 Å². The summed E-state index contributed by atoms with van der Waals surface area (Å²) in [5.41, 5.74) is 2.69. The number of benzene rings is 3. The van der Waals surface area contributed by atoms with Crippen LogP contribution in [0.15, 0.2) is 66.7 Å². The van der Waals surface area contributed by atoms with Crippen LogP contribution in [-0.2, 0) is 16.1 Å². The number of carbonyl (C=O) groups excluding carboxylic acids is 3. The molecule has 0 aromatic heterocycles. The molecule has 8 heteroatoms. The molecule has 3 aromatic carbocycles. The molecule has 3 amide bonds. The lowest BCUT2D eigenvalue weighted by Gasteiger charge is -2.28. The third kappa shape index (κ3) is 5.43. The van der Waals surface area contributed by atoms with Gasteiger partial charge in [-0.2, -0.15) is 0 Å². The number of carbonyl (C=O) groups is 3. The number of hydrogen-bond donors (Lipinski definition) is 0. The van der Waals surface area contributed by atoms with Gasteiger partial charge in [-0.1, -0.05) is 29.8 Å². The fourth-order valence-corrected chi connectivity index (χ4v) is 4.34. The molecule has 1 fully saturated rings. The van der Waals surface area contributed by atoms with Crippen LogP contribution >= 0.6 is 0 Å². The van der Waals surface area contributed by atoms with Crippen molar-refractivity contribution < 1.29 is 28.6 Å². The van der Waals surface area contributed by atoms with Crippen molar-refractivity contribution in [1.82, 2.24) is 4.90 Å². The monoisotopic (exact) mass is 502 g/mol. The number of amides is 3. The smallest absolute Gasteiger partial charge is 0.257 e. The summed E-state index contributed by atoms with van der Waals surface area (Å²) in [6.45, 7) is 4.53. The van der Waals surface area contributed by atoms with Crippen LogP contribution in [0.3, 0.4) is 0 Å². The average Bonchev–Trinajstić information content (AvgIpc) is 3.21. The van der Waals surface area contributed by atoms with Gasteiger partial charge in [0.05, 0.1) is 32.9 Å². The quantitative estimate of drug-likeness (QED) is 0.404. The molecule has 1 aliphatic rings. The van der Waals surface area contributed by atoms with E-state index in [1.165, 1.54) is 19.1 Å². The summed E-state index contributed by atoms with van der Waals surface area (Å²) in [6, 6.07) is 18.4. The van der Waals surface area contributed by atoms with Gasteiger partial charge in [-0.25, -0.2) is 4.90 Å². The molecular formula is C29H30N2O6. The van der Waals surface area contributed by atoms with Crippen LogP contribution < -0.4 is 19.1 Å². The molecule has 3 aromatic rings.